The van der Waals surface area contributed by atoms with Gasteiger partial charge >= 0.3 is 6.61 Å². The number of alkyl halides is 2. The average Bonchev–Trinajstić information content (AvgIpc) is 2.76. The number of hydrogen-bond acceptors (Lipinski definition) is 5. The van der Waals surface area contributed by atoms with Crippen LogP contribution >= 0.6 is 24.0 Å². The maximum absolute atomic E-state index is 12.7. The number of ether oxygens (including phenoxy) is 2. The van der Waals surface area contributed by atoms with Crippen molar-refractivity contribution in [3.63, 3.8) is 0 Å². The lowest BCUT2D eigenvalue weighted by Crippen LogP contribution is -2.36. The molecule has 0 aliphatic heterocycles. The monoisotopic (exact) mass is 549 g/mol. The van der Waals surface area contributed by atoms with Gasteiger partial charge in [0.1, 0.15) is 17.3 Å². The number of benzene rings is 1. The van der Waals surface area contributed by atoms with Crippen LogP contribution in [0.3, 0.4) is 0 Å². The highest BCUT2D eigenvalue weighted by Gasteiger charge is 2.12. The van der Waals surface area contributed by atoms with Crippen LogP contribution in [-0.2, 0) is 13.1 Å². The molecule has 0 saturated carbocycles. The molecule has 0 aliphatic carbocycles. The summed E-state index contributed by atoms with van der Waals surface area (Å²) in [5, 5.41) is 6.29. The van der Waals surface area contributed by atoms with Crippen LogP contribution in [0.4, 0.5) is 14.6 Å². The predicted octanol–water partition coefficient (Wildman–Crippen LogP) is 4.02. The molecule has 31 heavy (non-hydrogen) atoms. The number of anilines is 1. The number of aromatic nitrogens is 1. The van der Waals surface area contributed by atoms with Gasteiger partial charge in [0.05, 0.1) is 7.11 Å². The summed E-state index contributed by atoms with van der Waals surface area (Å²) in [6.45, 7) is 3.84. The Morgan fingerprint density at radius 1 is 1.13 bits per heavy atom. The second-order valence-electron chi connectivity index (χ2n) is 6.33. The minimum Gasteiger partial charge on any atom is -0.497 e. The number of nitrogens with zero attached hydrogens (tertiary/aromatic N) is 3. The summed E-state index contributed by atoms with van der Waals surface area (Å²) in [7, 11) is 3.15. The van der Waals surface area contributed by atoms with Crippen molar-refractivity contribution in [1.82, 2.24) is 15.6 Å². The molecule has 1 aromatic carbocycles. The summed E-state index contributed by atoms with van der Waals surface area (Å²) in [6.07, 6.45) is 1.82. The smallest absolute Gasteiger partial charge is 0.387 e. The van der Waals surface area contributed by atoms with Crippen LogP contribution in [0.2, 0.25) is 0 Å². The molecule has 0 bridgehead atoms. The highest BCUT2D eigenvalue weighted by atomic mass is 127. The Morgan fingerprint density at radius 2 is 1.84 bits per heavy atom. The number of nitrogens with one attached hydrogen (secondary N) is 2. The molecular weight excluding hydrogens is 519 g/mol. The minimum absolute atomic E-state index is 0. The fraction of sp³-hybridized carbons (Fsp3) is 0.429. The van der Waals surface area contributed by atoms with Gasteiger partial charge in [-0.05, 0) is 43.7 Å². The van der Waals surface area contributed by atoms with E-state index in [1.54, 1.807) is 19.2 Å². The van der Waals surface area contributed by atoms with Gasteiger partial charge in [-0.3, -0.25) is 4.99 Å². The van der Waals surface area contributed by atoms with Crippen LogP contribution < -0.4 is 25.0 Å². The zero-order chi connectivity index (χ0) is 21.9. The highest BCUT2D eigenvalue weighted by Crippen LogP contribution is 2.25. The van der Waals surface area contributed by atoms with Crippen molar-refractivity contribution in [3.8, 4) is 11.5 Å². The fourth-order valence-corrected chi connectivity index (χ4v) is 2.87. The van der Waals surface area contributed by atoms with E-state index in [1.165, 1.54) is 13.2 Å². The molecule has 0 atom stereocenters. The SMILES string of the molecule is CCN(CC)c1ccc(CNC(=NC)NCc2cc(OC)ccc2OC(F)F)cn1.I. The molecular formula is C21H30F2IN5O2. The first-order valence-electron chi connectivity index (χ1n) is 9.76. The van der Waals surface area contributed by atoms with Gasteiger partial charge in [-0.15, -0.1) is 24.0 Å². The number of rotatable bonds is 10. The van der Waals surface area contributed by atoms with Crippen molar-refractivity contribution in [3.05, 3.63) is 47.7 Å². The lowest BCUT2D eigenvalue weighted by Gasteiger charge is -2.20. The number of aliphatic imine (C=N–C) groups is 1. The molecule has 172 valence electrons. The summed E-state index contributed by atoms with van der Waals surface area (Å²) in [5.41, 5.74) is 1.53. The van der Waals surface area contributed by atoms with Crippen LogP contribution in [0.5, 0.6) is 11.5 Å². The van der Waals surface area contributed by atoms with Crippen molar-refractivity contribution in [2.24, 2.45) is 4.99 Å². The number of pyridine rings is 1. The van der Waals surface area contributed by atoms with E-state index < -0.39 is 6.61 Å². The van der Waals surface area contributed by atoms with Gasteiger partial charge in [0.15, 0.2) is 5.96 Å². The van der Waals surface area contributed by atoms with Gasteiger partial charge < -0.3 is 25.0 Å². The summed E-state index contributed by atoms with van der Waals surface area (Å²) < 4.78 is 35.1. The molecule has 0 unspecified atom stereocenters. The van der Waals surface area contributed by atoms with E-state index in [0.717, 1.165) is 24.5 Å². The van der Waals surface area contributed by atoms with E-state index in [-0.39, 0.29) is 36.3 Å². The van der Waals surface area contributed by atoms with Crippen LogP contribution in [-0.4, -0.2) is 44.8 Å². The molecule has 2 rings (SSSR count). The van der Waals surface area contributed by atoms with Gasteiger partial charge in [0.2, 0.25) is 0 Å². The third kappa shape index (κ3) is 8.35. The van der Waals surface area contributed by atoms with E-state index in [4.69, 9.17) is 4.74 Å². The molecule has 2 N–H and O–H groups in total. The van der Waals surface area contributed by atoms with Gasteiger partial charge in [0.25, 0.3) is 0 Å². The largest absolute Gasteiger partial charge is 0.497 e. The number of guanidine groups is 1. The first kappa shape index (κ1) is 26.7. The van der Waals surface area contributed by atoms with Crippen molar-refractivity contribution in [2.75, 3.05) is 32.1 Å². The lowest BCUT2D eigenvalue weighted by atomic mass is 10.2. The molecule has 0 radical (unpaired) electrons. The molecule has 0 aliphatic rings. The topological polar surface area (TPSA) is 71.0 Å². The maximum Gasteiger partial charge on any atom is 0.387 e. The molecule has 0 spiro atoms. The summed E-state index contributed by atoms with van der Waals surface area (Å²) in [6, 6.07) is 8.68. The predicted molar refractivity (Wildman–Crippen MR) is 130 cm³/mol. The number of hydrogen-bond donors (Lipinski definition) is 2. The molecule has 0 fully saturated rings. The Labute approximate surface area is 199 Å². The summed E-state index contributed by atoms with van der Waals surface area (Å²) >= 11 is 0. The molecule has 1 heterocycles. The van der Waals surface area contributed by atoms with E-state index >= 15 is 0 Å². The van der Waals surface area contributed by atoms with Crippen LogP contribution in [0, 0.1) is 0 Å². The fourth-order valence-electron chi connectivity index (χ4n) is 2.87. The Morgan fingerprint density at radius 3 is 2.39 bits per heavy atom. The first-order chi connectivity index (χ1) is 14.5. The zero-order valence-electron chi connectivity index (χ0n) is 18.2. The number of halogens is 3. The molecule has 7 nitrogen and oxygen atoms in total. The Bertz CT molecular complexity index is 818. The van der Waals surface area contributed by atoms with E-state index in [9.17, 15) is 8.78 Å². The summed E-state index contributed by atoms with van der Waals surface area (Å²) in [4.78, 5) is 10.8. The van der Waals surface area contributed by atoms with Crippen molar-refractivity contribution < 1.29 is 18.3 Å². The van der Waals surface area contributed by atoms with E-state index in [0.29, 0.717) is 23.8 Å². The highest BCUT2D eigenvalue weighted by molar-refractivity contribution is 14.0. The maximum atomic E-state index is 12.7. The van der Waals surface area contributed by atoms with Crippen molar-refractivity contribution in [1.29, 1.82) is 0 Å². The van der Waals surface area contributed by atoms with Gasteiger partial charge in [-0.2, -0.15) is 8.78 Å². The standard InChI is InChI=1S/C21H29F2N5O2.HI/c1-5-28(6-2)19-10-7-15(12-25-19)13-26-21(24-3)27-14-16-11-17(29-4)8-9-18(16)30-20(22)23;/h7-12,20H,5-6,13-14H2,1-4H3,(H2,24,26,27);1H. The van der Waals surface area contributed by atoms with Gasteiger partial charge in [-0.25, -0.2) is 4.98 Å². The number of methoxy groups -OCH3 is 1. The average molecular weight is 549 g/mol. The molecule has 1 aromatic heterocycles. The van der Waals surface area contributed by atoms with Gasteiger partial charge in [-0.1, -0.05) is 6.07 Å². The molecule has 0 saturated heterocycles. The Hall–Kier alpha value is -2.37. The Kier molecular flexibility index (Phi) is 11.9. The normalized spacial score (nSPS) is 11.0. The lowest BCUT2D eigenvalue weighted by molar-refractivity contribution is -0.0504. The van der Waals surface area contributed by atoms with Crippen LogP contribution in [0.1, 0.15) is 25.0 Å². The third-order valence-electron chi connectivity index (χ3n) is 4.51. The molecule has 2 aromatic rings. The quantitative estimate of drug-likeness (QED) is 0.265. The third-order valence-corrected chi connectivity index (χ3v) is 4.51. The molecule has 0 amide bonds. The second-order valence-corrected chi connectivity index (χ2v) is 6.33. The molecule has 10 heteroatoms. The summed E-state index contributed by atoms with van der Waals surface area (Å²) in [5.74, 6) is 2.10. The van der Waals surface area contributed by atoms with Crippen molar-refractivity contribution >= 4 is 35.8 Å². The minimum atomic E-state index is -2.90. The first-order valence-corrected chi connectivity index (χ1v) is 9.76. The second kappa shape index (κ2) is 13.8. The Balaban J connectivity index is 0.00000480. The van der Waals surface area contributed by atoms with E-state index in [1.807, 2.05) is 18.3 Å². The van der Waals surface area contributed by atoms with Crippen molar-refractivity contribution in [2.45, 2.75) is 33.5 Å². The van der Waals surface area contributed by atoms with Crippen LogP contribution in [0.15, 0.2) is 41.5 Å². The van der Waals surface area contributed by atoms with Gasteiger partial charge in [0, 0.05) is 45.0 Å². The van der Waals surface area contributed by atoms with E-state index in [2.05, 4.69) is 44.1 Å². The van der Waals surface area contributed by atoms with Crippen LogP contribution in [0.25, 0.3) is 0 Å². The zero-order valence-corrected chi connectivity index (χ0v) is 20.5.